The van der Waals surface area contributed by atoms with Crippen molar-refractivity contribution >= 4 is 12.0 Å². The molecule has 0 spiro atoms. The molecule has 1 aliphatic rings. The van der Waals surface area contributed by atoms with E-state index < -0.39 is 5.97 Å². The number of carbonyl (C=O) groups is 2. The van der Waals surface area contributed by atoms with Crippen LogP contribution in [0.1, 0.15) is 51.9 Å². The SMILES string of the molecule is CC(CCCC(=O)O)NC(=O)N1CCCCCC1. The topological polar surface area (TPSA) is 69.6 Å². The first-order valence-corrected chi connectivity index (χ1v) is 6.87. The van der Waals surface area contributed by atoms with Gasteiger partial charge in [0, 0.05) is 25.6 Å². The second kappa shape index (κ2) is 7.95. The molecule has 1 unspecified atom stereocenters. The normalized spacial score (nSPS) is 17.9. The Balaban J connectivity index is 2.22. The number of nitrogens with zero attached hydrogens (tertiary/aromatic N) is 1. The molecule has 104 valence electrons. The Hall–Kier alpha value is -1.26. The zero-order chi connectivity index (χ0) is 13.4. The summed E-state index contributed by atoms with van der Waals surface area (Å²) in [6.07, 6.45) is 6.07. The van der Waals surface area contributed by atoms with Gasteiger partial charge in [-0.05, 0) is 32.6 Å². The first kappa shape index (κ1) is 14.8. The third-order valence-corrected chi connectivity index (χ3v) is 3.29. The van der Waals surface area contributed by atoms with Gasteiger partial charge in [-0.1, -0.05) is 12.8 Å². The molecule has 5 heteroatoms. The molecule has 0 saturated carbocycles. The lowest BCUT2D eigenvalue weighted by Crippen LogP contribution is -2.44. The van der Waals surface area contributed by atoms with Crippen LogP contribution >= 0.6 is 0 Å². The van der Waals surface area contributed by atoms with Crippen molar-refractivity contribution in [3.05, 3.63) is 0 Å². The number of carboxylic acid groups (broad SMARTS) is 1. The minimum atomic E-state index is -0.777. The van der Waals surface area contributed by atoms with Gasteiger partial charge < -0.3 is 15.3 Å². The van der Waals surface area contributed by atoms with E-state index in [-0.39, 0.29) is 18.5 Å². The van der Waals surface area contributed by atoms with Crippen LogP contribution in [0.4, 0.5) is 4.79 Å². The van der Waals surface area contributed by atoms with E-state index in [0.29, 0.717) is 12.8 Å². The molecule has 1 atom stereocenters. The van der Waals surface area contributed by atoms with Crippen molar-refractivity contribution in [1.29, 1.82) is 0 Å². The molecule has 0 aromatic rings. The quantitative estimate of drug-likeness (QED) is 0.792. The fourth-order valence-corrected chi connectivity index (χ4v) is 2.21. The second-order valence-corrected chi connectivity index (χ2v) is 5.04. The maximum absolute atomic E-state index is 12.0. The summed E-state index contributed by atoms with van der Waals surface area (Å²) in [5.74, 6) is -0.777. The molecular formula is C13H24N2O3. The third-order valence-electron chi connectivity index (χ3n) is 3.29. The number of likely N-dealkylation sites (tertiary alicyclic amines) is 1. The maximum atomic E-state index is 12.0. The number of aliphatic carboxylic acids is 1. The fourth-order valence-electron chi connectivity index (χ4n) is 2.21. The van der Waals surface area contributed by atoms with Crippen molar-refractivity contribution in [2.45, 2.75) is 57.9 Å². The van der Waals surface area contributed by atoms with Crippen LogP contribution in [0, 0.1) is 0 Å². The van der Waals surface area contributed by atoms with Crippen LogP contribution in [0.5, 0.6) is 0 Å². The summed E-state index contributed by atoms with van der Waals surface area (Å²) >= 11 is 0. The number of urea groups is 1. The van der Waals surface area contributed by atoms with E-state index >= 15 is 0 Å². The first-order chi connectivity index (χ1) is 8.59. The van der Waals surface area contributed by atoms with E-state index in [4.69, 9.17) is 5.11 Å². The summed E-state index contributed by atoms with van der Waals surface area (Å²) in [5.41, 5.74) is 0. The van der Waals surface area contributed by atoms with E-state index in [9.17, 15) is 9.59 Å². The largest absolute Gasteiger partial charge is 0.481 e. The summed E-state index contributed by atoms with van der Waals surface area (Å²) in [7, 11) is 0. The molecule has 2 N–H and O–H groups in total. The predicted octanol–water partition coefficient (Wildman–Crippen LogP) is 2.22. The number of hydrogen-bond acceptors (Lipinski definition) is 2. The van der Waals surface area contributed by atoms with Gasteiger partial charge in [0.1, 0.15) is 0 Å². The standard InChI is InChI=1S/C13H24N2O3/c1-11(7-6-8-12(16)17)14-13(18)15-9-4-2-3-5-10-15/h11H,2-10H2,1H3,(H,14,18)(H,16,17). The van der Waals surface area contributed by atoms with E-state index in [1.807, 2.05) is 11.8 Å². The van der Waals surface area contributed by atoms with Crippen molar-refractivity contribution in [3.8, 4) is 0 Å². The average Bonchev–Trinajstić information content (AvgIpc) is 2.56. The van der Waals surface area contributed by atoms with Crippen LogP contribution in [0.2, 0.25) is 0 Å². The van der Waals surface area contributed by atoms with Crippen LogP contribution in [0.15, 0.2) is 0 Å². The van der Waals surface area contributed by atoms with Gasteiger partial charge in [0.25, 0.3) is 0 Å². The number of carboxylic acids is 1. The Labute approximate surface area is 109 Å². The van der Waals surface area contributed by atoms with Crippen LogP contribution in [0.3, 0.4) is 0 Å². The number of hydrogen-bond donors (Lipinski definition) is 2. The number of carbonyl (C=O) groups excluding carboxylic acids is 1. The Morgan fingerprint density at radius 2 is 1.83 bits per heavy atom. The molecule has 1 heterocycles. The van der Waals surface area contributed by atoms with Gasteiger partial charge in [0.05, 0.1) is 0 Å². The number of nitrogens with one attached hydrogen (secondary N) is 1. The van der Waals surface area contributed by atoms with Crippen LogP contribution < -0.4 is 5.32 Å². The van der Waals surface area contributed by atoms with Gasteiger partial charge in [-0.25, -0.2) is 4.79 Å². The Kier molecular flexibility index (Phi) is 6.54. The van der Waals surface area contributed by atoms with E-state index in [1.165, 1.54) is 12.8 Å². The molecule has 0 aromatic heterocycles. The summed E-state index contributed by atoms with van der Waals surface area (Å²) < 4.78 is 0. The summed E-state index contributed by atoms with van der Waals surface area (Å²) in [5, 5.41) is 11.5. The lowest BCUT2D eigenvalue weighted by Gasteiger charge is -2.23. The first-order valence-electron chi connectivity index (χ1n) is 6.87. The monoisotopic (exact) mass is 256 g/mol. The number of amides is 2. The highest BCUT2D eigenvalue weighted by atomic mass is 16.4. The van der Waals surface area contributed by atoms with Crippen molar-refractivity contribution < 1.29 is 14.7 Å². The van der Waals surface area contributed by atoms with Crippen molar-refractivity contribution in [2.75, 3.05) is 13.1 Å². The molecule has 1 fully saturated rings. The minimum Gasteiger partial charge on any atom is -0.481 e. The zero-order valence-corrected chi connectivity index (χ0v) is 11.2. The van der Waals surface area contributed by atoms with Gasteiger partial charge in [-0.2, -0.15) is 0 Å². The molecule has 0 radical (unpaired) electrons. The van der Waals surface area contributed by atoms with Crippen LogP contribution in [-0.4, -0.2) is 41.1 Å². The molecule has 1 saturated heterocycles. The summed E-state index contributed by atoms with van der Waals surface area (Å²) in [6, 6.07) is 0.0415. The van der Waals surface area contributed by atoms with Gasteiger partial charge >= 0.3 is 12.0 Å². The molecule has 1 rings (SSSR count). The van der Waals surface area contributed by atoms with Gasteiger partial charge in [0.15, 0.2) is 0 Å². The summed E-state index contributed by atoms with van der Waals surface area (Å²) in [6.45, 7) is 3.61. The van der Waals surface area contributed by atoms with Crippen LogP contribution in [-0.2, 0) is 4.79 Å². The predicted molar refractivity (Wildman–Crippen MR) is 69.5 cm³/mol. The highest BCUT2D eigenvalue weighted by Crippen LogP contribution is 2.10. The molecule has 0 aliphatic carbocycles. The van der Waals surface area contributed by atoms with Gasteiger partial charge in [-0.15, -0.1) is 0 Å². The molecule has 2 amide bonds. The zero-order valence-electron chi connectivity index (χ0n) is 11.2. The molecule has 0 bridgehead atoms. The molecule has 5 nitrogen and oxygen atoms in total. The smallest absolute Gasteiger partial charge is 0.317 e. The highest BCUT2D eigenvalue weighted by molar-refractivity contribution is 5.74. The van der Waals surface area contributed by atoms with E-state index in [2.05, 4.69) is 5.32 Å². The van der Waals surface area contributed by atoms with Gasteiger partial charge in [0.2, 0.25) is 0 Å². The Morgan fingerprint density at radius 3 is 2.39 bits per heavy atom. The van der Waals surface area contributed by atoms with Crippen molar-refractivity contribution in [2.24, 2.45) is 0 Å². The molecule has 18 heavy (non-hydrogen) atoms. The van der Waals surface area contributed by atoms with E-state index in [0.717, 1.165) is 25.9 Å². The lowest BCUT2D eigenvalue weighted by atomic mass is 10.1. The summed E-state index contributed by atoms with van der Waals surface area (Å²) in [4.78, 5) is 24.2. The lowest BCUT2D eigenvalue weighted by molar-refractivity contribution is -0.137. The Bertz CT molecular complexity index is 273. The maximum Gasteiger partial charge on any atom is 0.317 e. The fraction of sp³-hybridized carbons (Fsp3) is 0.846. The average molecular weight is 256 g/mol. The highest BCUT2D eigenvalue weighted by Gasteiger charge is 2.16. The molecule has 0 aromatic carbocycles. The third kappa shape index (κ3) is 5.89. The minimum absolute atomic E-state index is 0.000255. The van der Waals surface area contributed by atoms with E-state index in [1.54, 1.807) is 0 Å². The van der Waals surface area contributed by atoms with Crippen molar-refractivity contribution in [1.82, 2.24) is 10.2 Å². The van der Waals surface area contributed by atoms with Crippen LogP contribution in [0.25, 0.3) is 0 Å². The second-order valence-electron chi connectivity index (χ2n) is 5.04. The molecule has 1 aliphatic heterocycles. The van der Waals surface area contributed by atoms with Gasteiger partial charge in [-0.3, -0.25) is 4.79 Å². The Morgan fingerprint density at radius 1 is 1.22 bits per heavy atom. The van der Waals surface area contributed by atoms with Crippen molar-refractivity contribution in [3.63, 3.8) is 0 Å². The molecular weight excluding hydrogens is 232 g/mol. The number of rotatable bonds is 5.